The van der Waals surface area contributed by atoms with E-state index in [0.29, 0.717) is 17.2 Å². The molecule has 1 aromatic carbocycles. The third-order valence-corrected chi connectivity index (χ3v) is 1.94. The summed E-state index contributed by atoms with van der Waals surface area (Å²) in [5, 5.41) is 12.5. The number of hydrogen-bond acceptors (Lipinski definition) is 5. The summed E-state index contributed by atoms with van der Waals surface area (Å²) in [6, 6.07) is 4.69. The van der Waals surface area contributed by atoms with Crippen LogP contribution < -0.4 is 14.8 Å². The van der Waals surface area contributed by atoms with Gasteiger partial charge in [-0.15, -0.1) is 0 Å². The number of carbonyl (C=O) groups is 1. The van der Waals surface area contributed by atoms with Crippen LogP contribution in [0.5, 0.6) is 11.5 Å². The molecule has 0 bridgehead atoms. The number of methoxy groups -OCH3 is 2. The number of carbonyl (C=O) groups excluding carboxylic acids is 1. The second kappa shape index (κ2) is 5.69. The van der Waals surface area contributed by atoms with Gasteiger partial charge in [0.2, 0.25) is 0 Å². The van der Waals surface area contributed by atoms with Crippen molar-refractivity contribution in [3.8, 4) is 11.5 Å². The highest BCUT2D eigenvalue weighted by atomic mass is 16.6. The first-order valence-corrected chi connectivity index (χ1v) is 4.70. The van der Waals surface area contributed by atoms with Crippen LogP contribution in [0.15, 0.2) is 18.2 Å². The fraction of sp³-hybridized carbons (Fsp3) is 0.300. The van der Waals surface area contributed by atoms with E-state index in [4.69, 9.17) is 9.47 Å². The van der Waals surface area contributed by atoms with Gasteiger partial charge in [-0.3, -0.25) is 14.9 Å². The van der Waals surface area contributed by atoms with Crippen molar-refractivity contribution < 1.29 is 19.2 Å². The molecule has 0 heterocycles. The number of nitrogens with zero attached hydrogens (tertiary/aromatic N) is 1. The van der Waals surface area contributed by atoms with Gasteiger partial charge in [-0.05, 0) is 12.1 Å². The monoisotopic (exact) mass is 240 g/mol. The van der Waals surface area contributed by atoms with Gasteiger partial charge in [0, 0.05) is 16.7 Å². The SMILES string of the molecule is COc1ccc(NC(=O)C[N+](=O)[O-])cc1OC. The Labute approximate surface area is 97.5 Å². The van der Waals surface area contributed by atoms with Crippen LogP contribution in [0.4, 0.5) is 5.69 Å². The third kappa shape index (κ3) is 3.63. The van der Waals surface area contributed by atoms with Gasteiger partial charge < -0.3 is 14.8 Å². The Morgan fingerprint density at radius 1 is 1.35 bits per heavy atom. The van der Waals surface area contributed by atoms with Gasteiger partial charge in [-0.1, -0.05) is 0 Å². The Morgan fingerprint density at radius 3 is 2.53 bits per heavy atom. The van der Waals surface area contributed by atoms with E-state index in [-0.39, 0.29) is 0 Å². The molecule has 1 amide bonds. The van der Waals surface area contributed by atoms with Crippen LogP contribution in [0.1, 0.15) is 0 Å². The quantitative estimate of drug-likeness (QED) is 0.610. The maximum absolute atomic E-state index is 11.2. The molecular formula is C10H12N2O5. The van der Waals surface area contributed by atoms with E-state index >= 15 is 0 Å². The fourth-order valence-corrected chi connectivity index (χ4v) is 1.23. The average molecular weight is 240 g/mol. The van der Waals surface area contributed by atoms with Crippen molar-refractivity contribution in [1.82, 2.24) is 0 Å². The zero-order valence-electron chi connectivity index (χ0n) is 9.43. The van der Waals surface area contributed by atoms with E-state index in [2.05, 4.69) is 5.32 Å². The number of anilines is 1. The van der Waals surface area contributed by atoms with E-state index in [0.717, 1.165) is 0 Å². The lowest BCUT2D eigenvalue weighted by molar-refractivity contribution is -0.467. The van der Waals surface area contributed by atoms with Crippen LogP contribution in [0.3, 0.4) is 0 Å². The van der Waals surface area contributed by atoms with E-state index in [1.165, 1.54) is 20.3 Å². The Kier molecular flexibility index (Phi) is 4.27. The molecule has 0 unspecified atom stereocenters. The first kappa shape index (κ1) is 12.8. The van der Waals surface area contributed by atoms with Crippen LogP contribution in [0.2, 0.25) is 0 Å². The zero-order valence-corrected chi connectivity index (χ0v) is 9.43. The topological polar surface area (TPSA) is 90.7 Å². The summed E-state index contributed by atoms with van der Waals surface area (Å²) in [6.07, 6.45) is 0. The lowest BCUT2D eigenvalue weighted by Gasteiger charge is -2.09. The van der Waals surface area contributed by atoms with Crippen molar-refractivity contribution in [2.24, 2.45) is 0 Å². The van der Waals surface area contributed by atoms with Gasteiger partial charge in [-0.2, -0.15) is 0 Å². The van der Waals surface area contributed by atoms with Gasteiger partial charge in [0.1, 0.15) is 0 Å². The minimum absolute atomic E-state index is 0.412. The number of hydrogen-bond donors (Lipinski definition) is 1. The molecular weight excluding hydrogens is 228 g/mol. The summed E-state index contributed by atoms with van der Waals surface area (Å²) in [5.74, 6) is 0.258. The summed E-state index contributed by atoms with van der Waals surface area (Å²) in [4.78, 5) is 20.6. The van der Waals surface area contributed by atoms with Crippen molar-refractivity contribution in [1.29, 1.82) is 0 Å². The van der Waals surface area contributed by atoms with Crippen LogP contribution in [0, 0.1) is 10.1 Å². The lowest BCUT2D eigenvalue weighted by Crippen LogP contribution is -2.21. The molecule has 0 aliphatic heterocycles. The standard InChI is InChI=1S/C10H12N2O5/c1-16-8-4-3-7(5-9(8)17-2)11-10(13)6-12(14)15/h3-5H,6H2,1-2H3,(H,11,13). The summed E-state index contributed by atoms with van der Waals surface area (Å²) in [5.41, 5.74) is 0.412. The Bertz CT molecular complexity index is 433. The fourth-order valence-electron chi connectivity index (χ4n) is 1.23. The van der Waals surface area contributed by atoms with E-state index in [9.17, 15) is 14.9 Å². The Hall–Kier alpha value is -2.31. The normalized spacial score (nSPS) is 9.53. The van der Waals surface area contributed by atoms with Crippen molar-refractivity contribution in [2.45, 2.75) is 0 Å². The molecule has 0 atom stereocenters. The number of nitrogens with one attached hydrogen (secondary N) is 1. The van der Waals surface area contributed by atoms with Crippen molar-refractivity contribution >= 4 is 11.6 Å². The minimum atomic E-state index is -0.769. The van der Waals surface area contributed by atoms with Gasteiger partial charge in [0.25, 0.3) is 12.5 Å². The first-order valence-electron chi connectivity index (χ1n) is 4.70. The second-order valence-electron chi connectivity index (χ2n) is 3.11. The number of rotatable bonds is 5. The molecule has 0 fully saturated rings. The number of amides is 1. The molecule has 7 heteroatoms. The minimum Gasteiger partial charge on any atom is -0.493 e. The molecule has 7 nitrogen and oxygen atoms in total. The van der Waals surface area contributed by atoms with Gasteiger partial charge in [0.05, 0.1) is 14.2 Å². The highest BCUT2D eigenvalue weighted by Crippen LogP contribution is 2.29. The molecule has 92 valence electrons. The molecule has 17 heavy (non-hydrogen) atoms. The molecule has 0 saturated carbocycles. The van der Waals surface area contributed by atoms with E-state index in [1.807, 2.05) is 0 Å². The smallest absolute Gasteiger partial charge is 0.296 e. The zero-order chi connectivity index (χ0) is 12.8. The van der Waals surface area contributed by atoms with Crippen LogP contribution >= 0.6 is 0 Å². The molecule has 1 N–H and O–H groups in total. The molecule has 1 aromatic rings. The molecule has 1 rings (SSSR count). The molecule has 0 aliphatic carbocycles. The first-order chi connectivity index (χ1) is 8.06. The second-order valence-corrected chi connectivity index (χ2v) is 3.11. The molecule has 0 aliphatic rings. The molecule has 0 radical (unpaired) electrons. The van der Waals surface area contributed by atoms with Crippen molar-refractivity contribution in [2.75, 3.05) is 26.1 Å². The van der Waals surface area contributed by atoms with E-state index < -0.39 is 17.4 Å². The summed E-state index contributed by atoms with van der Waals surface area (Å²) < 4.78 is 10.0. The molecule has 0 aromatic heterocycles. The van der Waals surface area contributed by atoms with Gasteiger partial charge in [0.15, 0.2) is 11.5 Å². The predicted octanol–water partition coefficient (Wildman–Crippen LogP) is 0.919. The van der Waals surface area contributed by atoms with Crippen molar-refractivity contribution in [3.05, 3.63) is 28.3 Å². The number of nitro groups is 1. The summed E-state index contributed by atoms with van der Waals surface area (Å²) >= 11 is 0. The van der Waals surface area contributed by atoms with E-state index in [1.54, 1.807) is 12.1 Å². The molecule has 0 saturated heterocycles. The average Bonchev–Trinajstić information content (AvgIpc) is 2.27. The maximum atomic E-state index is 11.2. The lowest BCUT2D eigenvalue weighted by atomic mass is 10.2. The van der Waals surface area contributed by atoms with Crippen LogP contribution in [0.25, 0.3) is 0 Å². The predicted molar refractivity (Wildman–Crippen MR) is 60.0 cm³/mol. The van der Waals surface area contributed by atoms with Crippen LogP contribution in [-0.2, 0) is 4.79 Å². The highest BCUT2D eigenvalue weighted by Gasteiger charge is 2.11. The summed E-state index contributed by atoms with van der Waals surface area (Å²) in [7, 11) is 2.95. The largest absolute Gasteiger partial charge is 0.493 e. The maximum Gasteiger partial charge on any atom is 0.296 e. The van der Waals surface area contributed by atoms with Crippen molar-refractivity contribution in [3.63, 3.8) is 0 Å². The molecule has 0 spiro atoms. The van der Waals surface area contributed by atoms with Crippen LogP contribution in [-0.4, -0.2) is 31.6 Å². The van der Waals surface area contributed by atoms with Gasteiger partial charge >= 0.3 is 0 Å². The summed E-state index contributed by atoms with van der Waals surface area (Å²) in [6.45, 7) is -0.769. The number of benzene rings is 1. The Morgan fingerprint density at radius 2 is 2.00 bits per heavy atom. The highest BCUT2D eigenvalue weighted by molar-refractivity contribution is 5.91. The number of ether oxygens (including phenoxy) is 2. The Balaban J connectivity index is 2.79. The third-order valence-electron chi connectivity index (χ3n) is 1.94. The van der Waals surface area contributed by atoms with Gasteiger partial charge in [-0.25, -0.2) is 0 Å².